The zero-order valence-electron chi connectivity index (χ0n) is 11.7. The standard InChI is InChI=1S/C14H14FN5O/c1-9-4-3-5-11-18-12(13(15)20(9)11)14(21)19(2)8-10-16-6-7-17-10/h3-7H,8H2,1-2H3,(H,16,17). The van der Waals surface area contributed by atoms with Crippen LogP contribution in [0.3, 0.4) is 0 Å². The van der Waals surface area contributed by atoms with Crippen LogP contribution in [-0.2, 0) is 6.54 Å². The van der Waals surface area contributed by atoms with Gasteiger partial charge in [0, 0.05) is 25.1 Å². The first-order valence-electron chi connectivity index (χ1n) is 6.45. The van der Waals surface area contributed by atoms with Gasteiger partial charge in [-0.1, -0.05) is 6.07 Å². The number of halogens is 1. The van der Waals surface area contributed by atoms with Gasteiger partial charge in [-0.25, -0.2) is 9.97 Å². The molecule has 0 saturated heterocycles. The van der Waals surface area contributed by atoms with Crippen molar-refractivity contribution in [1.29, 1.82) is 0 Å². The minimum absolute atomic E-state index is 0.182. The third-order valence-electron chi connectivity index (χ3n) is 3.27. The zero-order valence-corrected chi connectivity index (χ0v) is 11.7. The molecule has 1 amide bonds. The van der Waals surface area contributed by atoms with E-state index in [4.69, 9.17) is 0 Å². The Hall–Kier alpha value is -2.70. The minimum atomic E-state index is -0.639. The number of pyridine rings is 1. The van der Waals surface area contributed by atoms with E-state index in [0.29, 0.717) is 17.2 Å². The number of aryl methyl sites for hydroxylation is 1. The Bertz CT molecular complexity index is 793. The number of H-pyrrole nitrogens is 1. The lowest BCUT2D eigenvalue weighted by Gasteiger charge is -2.14. The van der Waals surface area contributed by atoms with E-state index in [0.717, 1.165) is 0 Å². The largest absolute Gasteiger partial charge is 0.347 e. The van der Waals surface area contributed by atoms with Crippen molar-refractivity contribution in [3.63, 3.8) is 0 Å². The fourth-order valence-corrected chi connectivity index (χ4v) is 2.21. The first-order chi connectivity index (χ1) is 10.1. The number of aromatic nitrogens is 4. The molecule has 0 aliphatic rings. The van der Waals surface area contributed by atoms with Gasteiger partial charge in [-0.15, -0.1) is 0 Å². The molecule has 21 heavy (non-hydrogen) atoms. The van der Waals surface area contributed by atoms with E-state index in [1.807, 2.05) is 0 Å². The van der Waals surface area contributed by atoms with E-state index < -0.39 is 11.9 Å². The van der Waals surface area contributed by atoms with Crippen molar-refractivity contribution in [1.82, 2.24) is 24.3 Å². The molecule has 7 heteroatoms. The molecule has 0 spiro atoms. The van der Waals surface area contributed by atoms with Gasteiger partial charge >= 0.3 is 0 Å². The summed E-state index contributed by atoms with van der Waals surface area (Å²) in [4.78, 5) is 24.7. The maximum Gasteiger partial charge on any atom is 0.277 e. The number of hydrogen-bond donors (Lipinski definition) is 1. The molecular formula is C14H14FN5O. The summed E-state index contributed by atoms with van der Waals surface area (Å²) in [5, 5.41) is 0. The van der Waals surface area contributed by atoms with E-state index in [-0.39, 0.29) is 12.2 Å². The summed E-state index contributed by atoms with van der Waals surface area (Å²) < 4.78 is 15.7. The minimum Gasteiger partial charge on any atom is -0.347 e. The molecule has 0 aromatic carbocycles. The number of rotatable bonds is 3. The van der Waals surface area contributed by atoms with Gasteiger partial charge < -0.3 is 9.88 Å². The van der Waals surface area contributed by atoms with Gasteiger partial charge in [0.05, 0.1) is 6.54 Å². The van der Waals surface area contributed by atoms with Crippen molar-refractivity contribution in [3.8, 4) is 0 Å². The monoisotopic (exact) mass is 287 g/mol. The lowest BCUT2D eigenvalue weighted by Crippen LogP contribution is -2.27. The van der Waals surface area contributed by atoms with Crippen LogP contribution in [0, 0.1) is 12.9 Å². The van der Waals surface area contributed by atoms with Crippen LogP contribution >= 0.6 is 0 Å². The van der Waals surface area contributed by atoms with E-state index >= 15 is 0 Å². The van der Waals surface area contributed by atoms with Crippen LogP contribution in [0.2, 0.25) is 0 Å². The molecule has 0 unspecified atom stereocenters. The molecule has 0 aliphatic heterocycles. The number of nitrogens with one attached hydrogen (secondary N) is 1. The Morgan fingerprint density at radius 2 is 2.29 bits per heavy atom. The van der Waals surface area contributed by atoms with Crippen molar-refractivity contribution in [3.05, 3.63) is 53.8 Å². The SMILES string of the molecule is Cc1cccc2nc(C(=O)N(C)Cc3ncc[nH]3)c(F)n12. The van der Waals surface area contributed by atoms with Crippen LogP contribution in [0.25, 0.3) is 5.65 Å². The van der Waals surface area contributed by atoms with Crippen molar-refractivity contribution in [2.24, 2.45) is 0 Å². The second kappa shape index (κ2) is 5.01. The summed E-state index contributed by atoms with van der Waals surface area (Å²) in [7, 11) is 1.58. The van der Waals surface area contributed by atoms with Gasteiger partial charge in [-0.05, 0) is 19.1 Å². The second-order valence-electron chi connectivity index (χ2n) is 4.81. The van der Waals surface area contributed by atoms with Crippen LogP contribution in [0.4, 0.5) is 4.39 Å². The fraction of sp³-hybridized carbons (Fsp3) is 0.214. The van der Waals surface area contributed by atoms with Crippen LogP contribution < -0.4 is 0 Å². The molecule has 0 bridgehead atoms. The maximum absolute atomic E-state index is 14.4. The molecule has 1 N–H and O–H groups in total. The summed E-state index contributed by atoms with van der Waals surface area (Å²) in [6, 6.07) is 5.20. The van der Waals surface area contributed by atoms with Gasteiger partial charge in [0.15, 0.2) is 5.69 Å². The highest BCUT2D eigenvalue weighted by molar-refractivity contribution is 5.93. The number of fused-ring (bicyclic) bond motifs is 1. The van der Waals surface area contributed by atoms with Crippen LogP contribution in [0.1, 0.15) is 22.0 Å². The van der Waals surface area contributed by atoms with Gasteiger partial charge in [0.25, 0.3) is 5.91 Å². The molecule has 6 nitrogen and oxygen atoms in total. The molecule has 3 heterocycles. The molecule has 0 fully saturated rings. The summed E-state index contributed by atoms with van der Waals surface area (Å²) in [5.41, 5.74) is 0.922. The van der Waals surface area contributed by atoms with E-state index in [1.165, 1.54) is 9.30 Å². The third-order valence-corrected chi connectivity index (χ3v) is 3.27. The number of hydrogen-bond acceptors (Lipinski definition) is 3. The molecule has 3 rings (SSSR count). The summed E-state index contributed by atoms with van der Waals surface area (Å²) in [5.74, 6) is -0.488. The maximum atomic E-state index is 14.4. The van der Waals surface area contributed by atoms with E-state index in [9.17, 15) is 9.18 Å². The first-order valence-corrected chi connectivity index (χ1v) is 6.45. The Labute approximate surface area is 120 Å². The second-order valence-corrected chi connectivity index (χ2v) is 4.81. The molecule has 0 radical (unpaired) electrons. The topological polar surface area (TPSA) is 66.3 Å². The van der Waals surface area contributed by atoms with Gasteiger partial charge in [-0.3, -0.25) is 9.20 Å². The number of nitrogens with zero attached hydrogens (tertiary/aromatic N) is 4. The Morgan fingerprint density at radius 1 is 1.48 bits per heavy atom. The van der Waals surface area contributed by atoms with E-state index in [1.54, 1.807) is 44.6 Å². The predicted molar refractivity (Wildman–Crippen MR) is 74.3 cm³/mol. The Kier molecular flexibility index (Phi) is 3.17. The number of aromatic amines is 1. The Balaban J connectivity index is 1.94. The highest BCUT2D eigenvalue weighted by atomic mass is 19.1. The van der Waals surface area contributed by atoms with Crippen LogP contribution in [0.5, 0.6) is 0 Å². The molecule has 3 aromatic rings. The lowest BCUT2D eigenvalue weighted by molar-refractivity contribution is 0.0771. The van der Waals surface area contributed by atoms with Crippen molar-refractivity contribution in [2.75, 3.05) is 7.05 Å². The fourth-order valence-electron chi connectivity index (χ4n) is 2.21. The molecule has 0 atom stereocenters. The van der Waals surface area contributed by atoms with Gasteiger partial charge in [0.2, 0.25) is 5.95 Å². The summed E-state index contributed by atoms with van der Waals surface area (Å²) in [6.45, 7) is 2.02. The molecule has 3 aromatic heterocycles. The van der Waals surface area contributed by atoms with Crippen molar-refractivity contribution in [2.45, 2.75) is 13.5 Å². The van der Waals surface area contributed by atoms with Gasteiger partial charge in [-0.2, -0.15) is 4.39 Å². The van der Waals surface area contributed by atoms with Gasteiger partial charge in [0.1, 0.15) is 11.5 Å². The highest BCUT2D eigenvalue weighted by Gasteiger charge is 2.23. The molecular weight excluding hydrogens is 273 g/mol. The summed E-state index contributed by atoms with van der Waals surface area (Å²) in [6.07, 6.45) is 3.27. The number of amides is 1. The first kappa shape index (κ1) is 13.3. The molecule has 108 valence electrons. The van der Waals surface area contributed by atoms with Crippen LogP contribution in [0.15, 0.2) is 30.6 Å². The normalized spacial score (nSPS) is 11.0. The summed E-state index contributed by atoms with van der Waals surface area (Å²) >= 11 is 0. The predicted octanol–water partition coefficient (Wildman–Crippen LogP) is 1.78. The zero-order chi connectivity index (χ0) is 15.0. The number of carbonyl (C=O) groups excluding carboxylic acids is 1. The highest BCUT2D eigenvalue weighted by Crippen LogP contribution is 2.15. The molecule has 0 aliphatic carbocycles. The number of carbonyl (C=O) groups is 1. The third kappa shape index (κ3) is 2.26. The smallest absolute Gasteiger partial charge is 0.277 e. The van der Waals surface area contributed by atoms with Crippen molar-refractivity contribution >= 4 is 11.6 Å². The number of imidazole rings is 2. The van der Waals surface area contributed by atoms with Crippen LogP contribution in [-0.4, -0.2) is 37.2 Å². The van der Waals surface area contributed by atoms with Crippen molar-refractivity contribution < 1.29 is 9.18 Å². The average Bonchev–Trinajstić information content (AvgIpc) is 3.07. The Morgan fingerprint density at radius 3 is 2.95 bits per heavy atom. The van der Waals surface area contributed by atoms with E-state index in [2.05, 4.69) is 15.0 Å². The average molecular weight is 287 g/mol. The quantitative estimate of drug-likeness (QED) is 0.798. The lowest BCUT2D eigenvalue weighted by atomic mass is 10.3. The molecule has 0 saturated carbocycles.